The Labute approximate surface area is 186 Å². The molecule has 0 saturated carbocycles. The van der Waals surface area contributed by atoms with E-state index in [1.54, 1.807) is 0 Å². The second-order valence-electron chi connectivity index (χ2n) is 8.95. The summed E-state index contributed by atoms with van der Waals surface area (Å²) in [5.74, 6) is 0.352. The highest BCUT2D eigenvalue weighted by Gasteiger charge is 2.33. The highest BCUT2D eigenvalue weighted by Crippen LogP contribution is 2.43. The van der Waals surface area contributed by atoms with Gasteiger partial charge in [-0.05, 0) is 66.6 Å². The average Bonchev–Trinajstić information content (AvgIpc) is 2.87. The number of fused-ring (bicyclic) bond motifs is 7. The van der Waals surface area contributed by atoms with Crippen LogP contribution in [0.15, 0.2) is 78.9 Å². The average molecular weight is 412 g/mol. The monoisotopic (exact) mass is 411 g/mol. The Kier molecular flexibility index (Phi) is 3.72. The normalized spacial score (nSPS) is 19.3. The van der Waals surface area contributed by atoms with Crippen molar-refractivity contribution in [3.8, 4) is 6.07 Å². The topological polar surface area (TPSA) is 47.9 Å². The van der Waals surface area contributed by atoms with Gasteiger partial charge in [0.25, 0.3) is 0 Å². The molecule has 0 fully saturated rings. The van der Waals surface area contributed by atoms with Crippen molar-refractivity contribution in [3.63, 3.8) is 0 Å². The van der Waals surface area contributed by atoms with Crippen molar-refractivity contribution >= 4 is 32.3 Å². The Morgan fingerprint density at radius 1 is 0.781 bits per heavy atom. The van der Waals surface area contributed by atoms with Crippen molar-refractivity contribution in [2.45, 2.75) is 24.9 Å². The zero-order valence-corrected chi connectivity index (χ0v) is 17.5. The molecular weight excluding hydrogens is 390 g/mol. The van der Waals surface area contributed by atoms with Crippen LogP contribution in [0.2, 0.25) is 0 Å². The van der Waals surface area contributed by atoms with Gasteiger partial charge in [-0.3, -0.25) is 5.43 Å². The molecule has 0 amide bonds. The van der Waals surface area contributed by atoms with Gasteiger partial charge >= 0.3 is 0 Å². The highest BCUT2D eigenvalue weighted by atomic mass is 15.4. The van der Waals surface area contributed by atoms with Crippen molar-refractivity contribution in [2.24, 2.45) is 0 Å². The molecule has 0 aromatic heterocycles. The largest absolute Gasteiger partial charge is 0.252 e. The summed E-state index contributed by atoms with van der Waals surface area (Å²) in [5, 5.41) is 17.4. The van der Waals surface area contributed by atoms with Crippen LogP contribution in [0.1, 0.15) is 39.8 Å². The fraction of sp³-hybridized carbons (Fsp3) is 0.138. The number of nitrogens with zero attached hydrogens (tertiary/aromatic N) is 1. The van der Waals surface area contributed by atoms with E-state index in [-0.39, 0.29) is 6.04 Å². The van der Waals surface area contributed by atoms with Gasteiger partial charge < -0.3 is 0 Å². The molecule has 2 atom stereocenters. The summed E-state index contributed by atoms with van der Waals surface area (Å²) in [6, 6.07) is 31.2. The molecule has 0 radical (unpaired) electrons. The lowest BCUT2D eigenvalue weighted by atomic mass is 9.73. The predicted molar refractivity (Wildman–Crippen MR) is 129 cm³/mol. The number of hydrogen-bond donors (Lipinski definition) is 2. The fourth-order valence-electron chi connectivity index (χ4n) is 5.89. The van der Waals surface area contributed by atoms with Gasteiger partial charge in [0.15, 0.2) is 0 Å². The molecule has 2 bridgehead atoms. The number of nitrogens with one attached hydrogen (secondary N) is 2. The molecule has 32 heavy (non-hydrogen) atoms. The molecule has 5 aromatic rings. The molecule has 2 N–H and O–H groups in total. The Balaban J connectivity index is 1.38. The molecular formula is C29H21N3. The van der Waals surface area contributed by atoms with Crippen molar-refractivity contribution in [3.05, 3.63) is 107 Å². The van der Waals surface area contributed by atoms with Crippen LogP contribution in [0.4, 0.5) is 0 Å². The van der Waals surface area contributed by atoms with Gasteiger partial charge in [0, 0.05) is 12.5 Å². The first kappa shape index (κ1) is 17.9. The minimum Gasteiger partial charge on any atom is -0.252 e. The molecule has 8 rings (SSSR count). The zero-order chi connectivity index (χ0) is 21.2. The molecule has 1 heterocycles. The number of benzene rings is 5. The minimum atomic E-state index is -0.271. The standard InChI is InChI=1S/C29H21N3/c30-15-28-29-20-8-12-25(27(29)16-31-32-28)26(14-20)19-6-9-22-18(13-19)7-11-23-21-4-2-1-3-17(21)5-10-24(22)23/h1-13,26,28,31-32H,14,16H2. The van der Waals surface area contributed by atoms with Crippen molar-refractivity contribution < 1.29 is 0 Å². The van der Waals surface area contributed by atoms with Gasteiger partial charge in [-0.2, -0.15) is 5.26 Å². The van der Waals surface area contributed by atoms with Crippen LogP contribution < -0.4 is 10.9 Å². The maximum absolute atomic E-state index is 9.58. The first-order chi connectivity index (χ1) is 15.8. The maximum Gasteiger partial charge on any atom is 0.134 e. The first-order valence-electron chi connectivity index (χ1n) is 11.2. The SMILES string of the molecule is N#CC1NNCc2c3ccc(c21)CC3c1ccc2c(ccc3c4ccccc4ccc23)c1. The van der Waals surface area contributed by atoms with E-state index in [0.29, 0.717) is 5.92 Å². The molecule has 2 unspecified atom stereocenters. The second-order valence-corrected chi connectivity index (χ2v) is 8.95. The maximum atomic E-state index is 9.58. The number of rotatable bonds is 1. The van der Waals surface area contributed by atoms with E-state index in [0.717, 1.165) is 13.0 Å². The summed E-state index contributed by atoms with van der Waals surface area (Å²) in [6.45, 7) is 0.762. The quantitative estimate of drug-likeness (QED) is 0.332. The fourth-order valence-corrected chi connectivity index (χ4v) is 5.89. The van der Waals surface area contributed by atoms with E-state index in [1.165, 1.54) is 60.1 Å². The Morgan fingerprint density at radius 3 is 2.44 bits per heavy atom. The Morgan fingerprint density at radius 2 is 1.56 bits per heavy atom. The molecule has 3 nitrogen and oxygen atoms in total. The van der Waals surface area contributed by atoms with Gasteiger partial charge in [-0.15, -0.1) is 0 Å². The summed E-state index contributed by atoms with van der Waals surface area (Å²) >= 11 is 0. The third kappa shape index (κ3) is 2.42. The second kappa shape index (κ2) is 6.64. The summed E-state index contributed by atoms with van der Waals surface area (Å²) in [4.78, 5) is 0. The van der Waals surface area contributed by atoms with E-state index in [4.69, 9.17) is 0 Å². The Hall–Kier alpha value is -3.71. The van der Waals surface area contributed by atoms with Gasteiger partial charge in [0.1, 0.15) is 6.04 Å². The van der Waals surface area contributed by atoms with Crippen LogP contribution >= 0.6 is 0 Å². The number of hydrogen-bond acceptors (Lipinski definition) is 3. The van der Waals surface area contributed by atoms with Crippen LogP contribution in [-0.2, 0) is 13.0 Å². The van der Waals surface area contributed by atoms with Crippen molar-refractivity contribution in [1.29, 1.82) is 5.26 Å². The first-order valence-corrected chi connectivity index (χ1v) is 11.2. The van der Waals surface area contributed by atoms with Gasteiger partial charge in [0.2, 0.25) is 0 Å². The van der Waals surface area contributed by atoms with E-state index >= 15 is 0 Å². The van der Waals surface area contributed by atoms with E-state index < -0.39 is 0 Å². The van der Waals surface area contributed by atoms with Gasteiger partial charge in [-0.25, -0.2) is 5.43 Å². The van der Waals surface area contributed by atoms with Crippen LogP contribution in [-0.4, -0.2) is 0 Å². The van der Waals surface area contributed by atoms with E-state index in [2.05, 4.69) is 95.8 Å². The molecule has 152 valence electrons. The third-order valence-corrected chi connectivity index (χ3v) is 7.38. The molecule has 0 spiro atoms. The van der Waals surface area contributed by atoms with Gasteiger partial charge in [0.05, 0.1) is 6.07 Å². The summed E-state index contributed by atoms with van der Waals surface area (Å²) < 4.78 is 0. The summed E-state index contributed by atoms with van der Waals surface area (Å²) in [6.07, 6.45) is 0.967. The lowest BCUT2D eigenvalue weighted by molar-refractivity contribution is 0.448. The molecule has 0 saturated heterocycles. The smallest absolute Gasteiger partial charge is 0.134 e. The minimum absolute atomic E-state index is 0.271. The predicted octanol–water partition coefficient (Wildman–Crippen LogP) is 6.01. The van der Waals surface area contributed by atoms with Gasteiger partial charge in [-0.1, -0.05) is 78.9 Å². The molecule has 3 aliphatic rings. The van der Waals surface area contributed by atoms with Crippen LogP contribution in [0.5, 0.6) is 0 Å². The lowest BCUT2D eigenvalue weighted by Crippen LogP contribution is -2.42. The lowest BCUT2D eigenvalue weighted by Gasteiger charge is -2.36. The molecule has 3 heteroatoms. The zero-order valence-electron chi connectivity index (χ0n) is 17.5. The summed E-state index contributed by atoms with van der Waals surface area (Å²) in [7, 11) is 0. The van der Waals surface area contributed by atoms with Crippen LogP contribution in [0.25, 0.3) is 32.3 Å². The third-order valence-electron chi connectivity index (χ3n) is 7.38. The molecule has 5 aromatic carbocycles. The van der Waals surface area contributed by atoms with Crippen molar-refractivity contribution in [1.82, 2.24) is 10.9 Å². The molecule has 2 aliphatic carbocycles. The number of hydrazine groups is 1. The number of nitriles is 1. The van der Waals surface area contributed by atoms with Crippen LogP contribution in [0.3, 0.4) is 0 Å². The van der Waals surface area contributed by atoms with Crippen molar-refractivity contribution in [2.75, 3.05) is 0 Å². The highest BCUT2D eigenvalue weighted by molar-refractivity contribution is 6.17. The Bertz CT molecular complexity index is 1610. The van der Waals surface area contributed by atoms with Crippen LogP contribution in [0, 0.1) is 11.3 Å². The van der Waals surface area contributed by atoms with E-state index in [9.17, 15) is 5.26 Å². The summed E-state index contributed by atoms with van der Waals surface area (Å²) in [5.41, 5.74) is 12.8. The van der Waals surface area contributed by atoms with E-state index in [1.807, 2.05) is 0 Å². The molecule has 1 aliphatic heterocycles.